The Hall–Kier alpha value is -1.91. The van der Waals surface area contributed by atoms with Gasteiger partial charge in [-0.3, -0.25) is 14.7 Å². The molecule has 1 fully saturated rings. The summed E-state index contributed by atoms with van der Waals surface area (Å²) in [5.41, 5.74) is 2.20. The number of benzene rings is 1. The van der Waals surface area contributed by atoms with Gasteiger partial charge in [0.2, 0.25) is 5.91 Å². The van der Waals surface area contributed by atoms with Crippen LogP contribution in [0, 0.1) is 0 Å². The van der Waals surface area contributed by atoms with E-state index in [0.717, 1.165) is 42.1 Å². The molecule has 1 aliphatic heterocycles. The van der Waals surface area contributed by atoms with E-state index in [1.165, 1.54) is 6.42 Å². The summed E-state index contributed by atoms with van der Waals surface area (Å²) < 4.78 is 0. The average molecular weight is 358 g/mol. The second-order valence-electron chi connectivity index (χ2n) is 6.47. The van der Waals surface area contributed by atoms with Gasteiger partial charge in [0, 0.05) is 17.8 Å². The highest BCUT2D eigenvalue weighted by molar-refractivity contribution is 6.30. The second kappa shape index (κ2) is 8.97. The van der Waals surface area contributed by atoms with Crippen molar-refractivity contribution >= 4 is 17.5 Å². The van der Waals surface area contributed by atoms with Crippen molar-refractivity contribution in [3.63, 3.8) is 0 Å². The third-order valence-electron chi connectivity index (χ3n) is 4.61. The van der Waals surface area contributed by atoms with Gasteiger partial charge in [0.05, 0.1) is 18.3 Å². The van der Waals surface area contributed by atoms with Gasteiger partial charge in [-0.05, 0) is 55.6 Å². The lowest BCUT2D eigenvalue weighted by molar-refractivity contribution is -0.123. The summed E-state index contributed by atoms with van der Waals surface area (Å²) in [6.45, 7) is 2.00. The maximum atomic E-state index is 12.3. The smallest absolute Gasteiger partial charge is 0.234 e. The Bertz CT molecular complexity index is 692. The number of likely N-dealkylation sites (tertiary alicyclic amines) is 1. The topological polar surface area (TPSA) is 45.2 Å². The van der Waals surface area contributed by atoms with Crippen molar-refractivity contribution in [1.29, 1.82) is 0 Å². The van der Waals surface area contributed by atoms with E-state index in [9.17, 15) is 4.79 Å². The third kappa shape index (κ3) is 5.28. The molecule has 0 radical (unpaired) electrons. The first-order chi connectivity index (χ1) is 12.2. The number of halogens is 1. The number of carbonyl (C=O) groups excluding carboxylic acids is 1. The van der Waals surface area contributed by atoms with Crippen molar-refractivity contribution in [2.75, 3.05) is 19.6 Å². The van der Waals surface area contributed by atoms with Crippen LogP contribution < -0.4 is 5.32 Å². The number of carbonyl (C=O) groups is 1. The van der Waals surface area contributed by atoms with Gasteiger partial charge >= 0.3 is 0 Å². The van der Waals surface area contributed by atoms with Crippen molar-refractivity contribution in [1.82, 2.24) is 15.2 Å². The molecule has 132 valence electrons. The average Bonchev–Trinajstić information content (AvgIpc) is 2.63. The summed E-state index contributed by atoms with van der Waals surface area (Å²) in [5.74, 6) is 0.0739. The summed E-state index contributed by atoms with van der Waals surface area (Å²) >= 11 is 5.99. The van der Waals surface area contributed by atoms with Gasteiger partial charge in [-0.25, -0.2) is 0 Å². The Balaban J connectivity index is 1.50. The molecule has 3 rings (SSSR count). The predicted molar refractivity (Wildman–Crippen MR) is 101 cm³/mol. The first-order valence-corrected chi connectivity index (χ1v) is 9.26. The highest BCUT2D eigenvalue weighted by Gasteiger charge is 2.26. The van der Waals surface area contributed by atoms with Crippen molar-refractivity contribution in [2.24, 2.45) is 0 Å². The van der Waals surface area contributed by atoms with E-state index >= 15 is 0 Å². The lowest BCUT2D eigenvalue weighted by Crippen LogP contribution is -2.42. The van der Waals surface area contributed by atoms with Crippen LogP contribution in [0.4, 0.5) is 0 Å². The summed E-state index contributed by atoms with van der Waals surface area (Å²) in [7, 11) is 0. The Morgan fingerprint density at radius 1 is 1.24 bits per heavy atom. The molecule has 0 spiro atoms. The van der Waals surface area contributed by atoms with E-state index in [4.69, 9.17) is 11.6 Å². The number of piperidine rings is 1. The molecule has 2 heterocycles. The fourth-order valence-electron chi connectivity index (χ4n) is 3.37. The molecule has 2 aromatic rings. The highest BCUT2D eigenvalue weighted by atomic mass is 35.5. The zero-order chi connectivity index (χ0) is 17.5. The van der Waals surface area contributed by atoms with E-state index < -0.39 is 0 Å². The predicted octanol–water partition coefficient (Wildman–Crippen LogP) is 3.62. The fourth-order valence-corrected chi connectivity index (χ4v) is 3.58. The molecular formula is C20H24ClN3O. The molecule has 1 aliphatic rings. The molecule has 0 saturated carbocycles. The summed E-state index contributed by atoms with van der Waals surface area (Å²) in [4.78, 5) is 19.1. The molecule has 0 unspecified atom stereocenters. The van der Waals surface area contributed by atoms with Crippen molar-refractivity contribution in [2.45, 2.75) is 31.7 Å². The quantitative estimate of drug-likeness (QED) is 0.858. The van der Waals surface area contributed by atoms with Crippen LogP contribution >= 0.6 is 11.6 Å². The monoisotopic (exact) mass is 357 g/mol. The molecule has 4 nitrogen and oxygen atoms in total. The van der Waals surface area contributed by atoms with Gasteiger partial charge in [0.25, 0.3) is 0 Å². The van der Waals surface area contributed by atoms with Gasteiger partial charge < -0.3 is 5.32 Å². The SMILES string of the molecule is O=C(CN1CCCC[C@@H]1c1ccccn1)NCCc1cccc(Cl)c1. The Labute approximate surface area is 154 Å². The number of pyridine rings is 1. The molecule has 1 N–H and O–H groups in total. The molecule has 1 saturated heterocycles. The molecule has 5 heteroatoms. The first-order valence-electron chi connectivity index (χ1n) is 8.88. The number of nitrogens with zero attached hydrogens (tertiary/aromatic N) is 2. The molecular weight excluding hydrogens is 334 g/mol. The fraction of sp³-hybridized carbons (Fsp3) is 0.400. The number of aromatic nitrogens is 1. The summed E-state index contributed by atoms with van der Waals surface area (Å²) in [6.07, 6.45) is 6.00. The third-order valence-corrected chi connectivity index (χ3v) is 4.85. The van der Waals surface area contributed by atoms with E-state index in [1.807, 2.05) is 42.6 Å². The van der Waals surface area contributed by atoms with Crippen LogP contribution in [0.5, 0.6) is 0 Å². The lowest BCUT2D eigenvalue weighted by Gasteiger charge is -2.34. The molecule has 0 aliphatic carbocycles. The zero-order valence-corrected chi connectivity index (χ0v) is 15.1. The molecule has 1 aromatic heterocycles. The van der Waals surface area contributed by atoms with Crippen LogP contribution in [0.3, 0.4) is 0 Å². The standard InChI is InChI=1S/C20H24ClN3O/c21-17-7-5-6-16(14-17)10-12-23-20(25)15-24-13-4-2-9-19(24)18-8-1-3-11-22-18/h1,3,5-8,11,14,19H,2,4,9-10,12-13,15H2,(H,23,25)/t19-/m1/s1. The molecule has 1 atom stereocenters. The van der Waals surface area contributed by atoms with Gasteiger partial charge in [0.1, 0.15) is 0 Å². The number of amides is 1. The second-order valence-corrected chi connectivity index (χ2v) is 6.90. The van der Waals surface area contributed by atoms with Crippen LogP contribution in [-0.2, 0) is 11.2 Å². The van der Waals surface area contributed by atoms with Crippen molar-refractivity contribution in [3.05, 3.63) is 64.9 Å². The van der Waals surface area contributed by atoms with Gasteiger partial charge in [-0.1, -0.05) is 36.2 Å². The van der Waals surface area contributed by atoms with Crippen LogP contribution in [0.1, 0.15) is 36.6 Å². The van der Waals surface area contributed by atoms with Crippen molar-refractivity contribution < 1.29 is 4.79 Å². The number of hydrogen-bond donors (Lipinski definition) is 1. The number of nitrogens with one attached hydrogen (secondary N) is 1. The van der Waals surface area contributed by atoms with Crippen molar-refractivity contribution in [3.8, 4) is 0 Å². The minimum Gasteiger partial charge on any atom is -0.355 e. The minimum atomic E-state index is 0.0739. The molecule has 25 heavy (non-hydrogen) atoms. The van der Waals surface area contributed by atoms with Crippen LogP contribution in [0.15, 0.2) is 48.7 Å². The molecule has 0 bridgehead atoms. The van der Waals surface area contributed by atoms with E-state index in [2.05, 4.69) is 21.3 Å². The summed E-state index contributed by atoms with van der Waals surface area (Å²) in [6, 6.07) is 14.0. The maximum Gasteiger partial charge on any atom is 0.234 e. The minimum absolute atomic E-state index is 0.0739. The van der Waals surface area contributed by atoms with E-state index in [-0.39, 0.29) is 11.9 Å². The van der Waals surface area contributed by atoms with E-state index in [0.29, 0.717) is 13.1 Å². The zero-order valence-electron chi connectivity index (χ0n) is 14.3. The molecule has 1 aromatic carbocycles. The van der Waals surface area contributed by atoms with Gasteiger partial charge in [-0.2, -0.15) is 0 Å². The van der Waals surface area contributed by atoms with Gasteiger partial charge in [-0.15, -0.1) is 0 Å². The Morgan fingerprint density at radius 2 is 2.16 bits per heavy atom. The first kappa shape index (κ1) is 17.9. The summed E-state index contributed by atoms with van der Waals surface area (Å²) in [5, 5.41) is 3.76. The Morgan fingerprint density at radius 3 is 2.96 bits per heavy atom. The number of hydrogen-bond acceptors (Lipinski definition) is 3. The van der Waals surface area contributed by atoms with Crippen LogP contribution in [0.25, 0.3) is 0 Å². The number of rotatable bonds is 6. The van der Waals surface area contributed by atoms with Crippen LogP contribution in [0.2, 0.25) is 5.02 Å². The maximum absolute atomic E-state index is 12.3. The molecule has 1 amide bonds. The Kier molecular flexibility index (Phi) is 6.42. The normalized spacial score (nSPS) is 18.0. The largest absolute Gasteiger partial charge is 0.355 e. The van der Waals surface area contributed by atoms with Crippen LogP contribution in [-0.4, -0.2) is 35.4 Å². The van der Waals surface area contributed by atoms with E-state index in [1.54, 1.807) is 0 Å². The lowest BCUT2D eigenvalue weighted by atomic mass is 9.99. The van der Waals surface area contributed by atoms with Gasteiger partial charge in [0.15, 0.2) is 0 Å². The highest BCUT2D eigenvalue weighted by Crippen LogP contribution is 2.29.